The van der Waals surface area contributed by atoms with E-state index in [0.29, 0.717) is 33.0 Å². The maximum Gasteiger partial charge on any atom is 0.303 e. The molecule has 0 aliphatic rings. The van der Waals surface area contributed by atoms with E-state index in [1.54, 1.807) is 0 Å². The number of ether oxygens (including phenoxy) is 3. The van der Waals surface area contributed by atoms with Crippen molar-refractivity contribution in [2.24, 2.45) is 0 Å². The van der Waals surface area contributed by atoms with Gasteiger partial charge >= 0.3 is 11.9 Å². The SMILES string of the molecule is O=C(O)CCCCCCCOCC(COCc1ccccc1)OCCCCCCCC(=O)O. The zero-order chi connectivity index (χ0) is 24.0. The van der Waals surface area contributed by atoms with Gasteiger partial charge in [0.15, 0.2) is 0 Å². The summed E-state index contributed by atoms with van der Waals surface area (Å²) in [6, 6.07) is 10.0. The third kappa shape index (κ3) is 19.2. The molecule has 0 amide bonds. The molecule has 1 rings (SSSR count). The fraction of sp³-hybridized carbons (Fsp3) is 0.692. The van der Waals surface area contributed by atoms with Gasteiger partial charge in [-0.05, 0) is 31.2 Å². The lowest BCUT2D eigenvalue weighted by Crippen LogP contribution is -2.26. The van der Waals surface area contributed by atoms with Crippen LogP contribution in [0.4, 0.5) is 0 Å². The lowest BCUT2D eigenvalue weighted by molar-refractivity contribution is -0.138. The number of rotatable bonds is 23. The van der Waals surface area contributed by atoms with Crippen LogP contribution in [0, 0.1) is 0 Å². The van der Waals surface area contributed by atoms with Crippen molar-refractivity contribution in [3.63, 3.8) is 0 Å². The second-order valence-electron chi connectivity index (χ2n) is 8.39. The van der Waals surface area contributed by atoms with Gasteiger partial charge in [-0.15, -0.1) is 0 Å². The molecule has 0 aliphatic carbocycles. The first kappa shape index (κ1) is 29.1. The predicted molar refractivity (Wildman–Crippen MR) is 127 cm³/mol. The van der Waals surface area contributed by atoms with E-state index in [9.17, 15) is 9.59 Å². The van der Waals surface area contributed by atoms with Crippen molar-refractivity contribution in [3.05, 3.63) is 35.9 Å². The predicted octanol–water partition coefficient (Wildman–Crippen LogP) is 5.46. The van der Waals surface area contributed by atoms with Crippen LogP contribution in [0.3, 0.4) is 0 Å². The molecule has 1 atom stereocenters. The molecule has 2 N–H and O–H groups in total. The summed E-state index contributed by atoms with van der Waals surface area (Å²) < 4.78 is 17.7. The molecule has 0 saturated carbocycles. The standard InChI is InChI=1S/C26H42O7/c27-25(28)16-10-3-1-5-12-18-31-21-24(22-32-20-23-14-8-7-9-15-23)33-19-13-6-2-4-11-17-26(29)30/h7-9,14-15,24H,1-6,10-13,16-22H2,(H,27,28)(H,29,30). The molecule has 7 nitrogen and oxygen atoms in total. The van der Waals surface area contributed by atoms with Crippen molar-refractivity contribution in [1.82, 2.24) is 0 Å². The zero-order valence-corrected chi connectivity index (χ0v) is 19.9. The minimum Gasteiger partial charge on any atom is -0.481 e. The molecule has 0 radical (unpaired) electrons. The van der Waals surface area contributed by atoms with Crippen LogP contribution in [-0.2, 0) is 30.4 Å². The molecule has 188 valence electrons. The van der Waals surface area contributed by atoms with Crippen molar-refractivity contribution < 1.29 is 34.0 Å². The highest BCUT2D eigenvalue weighted by Gasteiger charge is 2.10. The van der Waals surface area contributed by atoms with Crippen LogP contribution in [0.25, 0.3) is 0 Å². The van der Waals surface area contributed by atoms with Gasteiger partial charge in [-0.25, -0.2) is 0 Å². The van der Waals surface area contributed by atoms with Gasteiger partial charge in [-0.1, -0.05) is 68.9 Å². The molecule has 0 aliphatic heterocycles. The molecular weight excluding hydrogens is 424 g/mol. The Morgan fingerprint density at radius 3 is 1.79 bits per heavy atom. The molecule has 1 aromatic carbocycles. The van der Waals surface area contributed by atoms with E-state index in [1.807, 2.05) is 30.3 Å². The number of carboxylic acid groups (broad SMARTS) is 2. The van der Waals surface area contributed by atoms with Gasteiger partial charge in [0.25, 0.3) is 0 Å². The third-order valence-electron chi connectivity index (χ3n) is 5.29. The van der Waals surface area contributed by atoms with Crippen LogP contribution in [0.1, 0.15) is 82.6 Å². The number of benzene rings is 1. The first-order valence-electron chi connectivity index (χ1n) is 12.3. The van der Waals surface area contributed by atoms with Gasteiger partial charge in [-0.2, -0.15) is 0 Å². The Bertz CT molecular complexity index is 606. The second-order valence-corrected chi connectivity index (χ2v) is 8.39. The Hall–Kier alpha value is -1.96. The number of hydrogen-bond donors (Lipinski definition) is 2. The van der Waals surface area contributed by atoms with E-state index in [4.69, 9.17) is 24.4 Å². The smallest absolute Gasteiger partial charge is 0.303 e. The van der Waals surface area contributed by atoms with Gasteiger partial charge in [0.1, 0.15) is 6.10 Å². The highest BCUT2D eigenvalue weighted by molar-refractivity contribution is 5.66. The monoisotopic (exact) mass is 466 g/mol. The first-order valence-corrected chi connectivity index (χ1v) is 12.3. The fourth-order valence-electron chi connectivity index (χ4n) is 3.41. The summed E-state index contributed by atoms with van der Waals surface area (Å²) in [5.41, 5.74) is 1.13. The number of hydrogen-bond acceptors (Lipinski definition) is 5. The lowest BCUT2D eigenvalue weighted by atomic mass is 10.1. The summed E-state index contributed by atoms with van der Waals surface area (Å²) in [6.45, 7) is 2.82. The van der Waals surface area contributed by atoms with E-state index in [-0.39, 0.29) is 18.9 Å². The van der Waals surface area contributed by atoms with Crippen molar-refractivity contribution >= 4 is 11.9 Å². The van der Waals surface area contributed by atoms with E-state index < -0.39 is 11.9 Å². The maximum absolute atomic E-state index is 10.5. The van der Waals surface area contributed by atoms with E-state index >= 15 is 0 Å². The van der Waals surface area contributed by atoms with Gasteiger partial charge in [0, 0.05) is 26.1 Å². The average Bonchev–Trinajstić information content (AvgIpc) is 2.79. The quantitative estimate of drug-likeness (QED) is 0.207. The largest absolute Gasteiger partial charge is 0.481 e. The highest BCUT2D eigenvalue weighted by Crippen LogP contribution is 2.09. The highest BCUT2D eigenvalue weighted by atomic mass is 16.6. The van der Waals surface area contributed by atoms with Gasteiger partial charge in [-0.3, -0.25) is 9.59 Å². The van der Waals surface area contributed by atoms with E-state index in [2.05, 4.69) is 0 Å². The normalized spacial score (nSPS) is 12.0. The molecule has 0 fully saturated rings. The molecule has 0 bridgehead atoms. The number of carboxylic acids is 2. The summed E-state index contributed by atoms with van der Waals surface area (Å²) in [5, 5.41) is 17.3. The van der Waals surface area contributed by atoms with Crippen molar-refractivity contribution in [1.29, 1.82) is 0 Å². The van der Waals surface area contributed by atoms with Crippen molar-refractivity contribution in [2.75, 3.05) is 26.4 Å². The van der Waals surface area contributed by atoms with Crippen molar-refractivity contribution in [3.8, 4) is 0 Å². The number of aliphatic carboxylic acids is 2. The maximum atomic E-state index is 10.5. The molecule has 0 spiro atoms. The summed E-state index contributed by atoms with van der Waals surface area (Å²) >= 11 is 0. The fourth-order valence-corrected chi connectivity index (χ4v) is 3.41. The van der Waals surface area contributed by atoms with E-state index in [1.165, 1.54) is 0 Å². The molecular formula is C26H42O7. The molecule has 33 heavy (non-hydrogen) atoms. The Morgan fingerprint density at radius 2 is 1.18 bits per heavy atom. The molecule has 1 unspecified atom stereocenters. The van der Waals surface area contributed by atoms with Crippen LogP contribution in [0.5, 0.6) is 0 Å². The number of carbonyl (C=O) groups is 2. The molecule has 1 aromatic rings. The van der Waals surface area contributed by atoms with Crippen LogP contribution in [0.15, 0.2) is 30.3 Å². The van der Waals surface area contributed by atoms with Crippen LogP contribution in [0.2, 0.25) is 0 Å². The zero-order valence-electron chi connectivity index (χ0n) is 19.9. The molecule has 0 saturated heterocycles. The summed E-state index contributed by atoms with van der Waals surface area (Å²) in [5.74, 6) is -1.45. The Morgan fingerprint density at radius 1 is 0.667 bits per heavy atom. The summed E-state index contributed by atoms with van der Waals surface area (Å²) in [6.07, 6.45) is 9.77. The van der Waals surface area contributed by atoms with Crippen molar-refractivity contribution in [2.45, 2.75) is 89.8 Å². The van der Waals surface area contributed by atoms with Crippen LogP contribution in [-0.4, -0.2) is 54.7 Å². The molecule has 7 heteroatoms. The summed E-state index contributed by atoms with van der Waals surface area (Å²) in [7, 11) is 0. The van der Waals surface area contributed by atoms with E-state index in [0.717, 1.165) is 69.8 Å². The third-order valence-corrected chi connectivity index (χ3v) is 5.29. The average molecular weight is 467 g/mol. The lowest BCUT2D eigenvalue weighted by Gasteiger charge is -2.18. The summed E-state index contributed by atoms with van der Waals surface area (Å²) in [4.78, 5) is 21.0. The number of unbranched alkanes of at least 4 members (excludes halogenated alkanes) is 8. The topological polar surface area (TPSA) is 102 Å². The van der Waals surface area contributed by atoms with Crippen LogP contribution >= 0.6 is 0 Å². The Balaban J connectivity index is 2.17. The Kier molecular flexibility index (Phi) is 18.2. The Labute approximate surface area is 198 Å². The molecule has 0 aromatic heterocycles. The van der Waals surface area contributed by atoms with Gasteiger partial charge < -0.3 is 24.4 Å². The minimum absolute atomic E-state index is 0.115. The van der Waals surface area contributed by atoms with Gasteiger partial charge in [0.2, 0.25) is 0 Å². The molecule has 0 heterocycles. The van der Waals surface area contributed by atoms with Gasteiger partial charge in [0.05, 0.1) is 19.8 Å². The van der Waals surface area contributed by atoms with Crippen LogP contribution < -0.4 is 0 Å². The second kappa shape index (κ2) is 20.6. The minimum atomic E-state index is -0.727. The first-order chi connectivity index (χ1) is 16.1.